The molecule has 14 heavy (non-hydrogen) atoms. The van der Waals surface area contributed by atoms with E-state index in [1.165, 1.54) is 16.7 Å². The zero-order valence-electron chi connectivity index (χ0n) is 9.89. The second-order valence-corrected chi connectivity index (χ2v) is 4.43. The van der Waals surface area contributed by atoms with Gasteiger partial charge in [-0.1, -0.05) is 43.2 Å². The van der Waals surface area contributed by atoms with Crippen LogP contribution in [0, 0.1) is 19.8 Å². The molecular formula is C13H21N. The predicted octanol–water partition coefficient (Wildman–Crippen LogP) is 3.22. The van der Waals surface area contributed by atoms with Gasteiger partial charge in [-0.05, 0) is 32.4 Å². The van der Waals surface area contributed by atoms with Crippen molar-refractivity contribution in [3.8, 4) is 0 Å². The Kier molecular flexibility index (Phi) is 3.70. The van der Waals surface area contributed by atoms with Crippen molar-refractivity contribution in [3.63, 3.8) is 0 Å². The van der Waals surface area contributed by atoms with Gasteiger partial charge < -0.3 is 5.32 Å². The molecule has 0 fully saturated rings. The summed E-state index contributed by atoms with van der Waals surface area (Å²) in [4.78, 5) is 0. The monoisotopic (exact) mass is 191 g/mol. The normalized spacial score (nSPS) is 13.3. The van der Waals surface area contributed by atoms with Crippen molar-refractivity contribution in [3.05, 3.63) is 34.9 Å². The van der Waals surface area contributed by atoms with Gasteiger partial charge in [0.05, 0.1) is 0 Å². The summed E-state index contributed by atoms with van der Waals surface area (Å²) in [5.74, 6) is 0.626. The zero-order valence-corrected chi connectivity index (χ0v) is 9.89. The Morgan fingerprint density at radius 2 is 1.50 bits per heavy atom. The molecule has 0 spiro atoms. The average molecular weight is 191 g/mol. The second-order valence-electron chi connectivity index (χ2n) is 4.43. The number of rotatable bonds is 3. The van der Waals surface area contributed by atoms with Crippen LogP contribution in [0.4, 0.5) is 0 Å². The maximum absolute atomic E-state index is 3.37. The summed E-state index contributed by atoms with van der Waals surface area (Å²) in [6.07, 6.45) is 0. The maximum atomic E-state index is 3.37. The van der Waals surface area contributed by atoms with Crippen molar-refractivity contribution in [2.45, 2.75) is 33.7 Å². The number of nitrogens with one attached hydrogen (secondary N) is 1. The summed E-state index contributed by atoms with van der Waals surface area (Å²) in [7, 11) is 2.03. The molecule has 1 unspecified atom stereocenters. The molecule has 0 aromatic heterocycles. The number of benzene rings is 1. The first kappa shape index (κ1) is 11.3. The molecule has 0 saturated heterocycles. The first-order valence-corrected chi connectivity index (χ1v) is 5.30. The van der Waals surface area contributed by atoms with Crippen LogP contribution in [0.1, 0.15) is 36.6 Å². The Hall–Kier alpha value is -0.820. The third-order valence-electron chi connectivity index (χ3n) is 2.58. The highest BCUT2D eigenvalue weighted by molar-refractivity contribution is 5.30. The molecule has 0 aliphatic heterocycles. The highest BCUT2D eigenvalue weighted by atomic mass is 14.9. The van der Waals surface area contributed by atoms with Crippen LogP contribution in [0.15, 0.2) is 18.2 Å². The third-order valence-corrected chi connectivity index (χ3v) is 2.58. The lowest BCUT2D eigenvalue weighted by atomic mass is 9.94. The first-order valence-electron chi connectivity index (χ1n) is 5.30. The minimum Gasteiger partial charge on any atom is -0.313 e. The first-order chi connectivity index (χ1) is 6.54. The van der Waals surface area contributed by atoms with Crippen LogP contribution in [-0.4, -0.2) is 7.05 Å². The van der Waals surface area contributed by atoms with Crippen LogP contribution in [-0.2, 0) is 0 Å². The largest absolute Gasteiger partial charge is 0.313 e. The standard InChI is InChI=1S/C13H21N/c1-9(2)13(14-5)12-7-10(3)6-11(4)8-12/h6-9,13-14H,1-5H3. The summed E-state index contributed by atoms with van der Waals surface area (Å²) in [5.41, 5.74) is 4.10. The van der Waals surface area contributed by atoms with Crippen molar-refractivity contribution in [2.75, 3.05) is 7.05 Å². The van der Waals surface area contributed by atoms with Gasteiger partial charge in [-0.25, -0.2) is 0 Å². The number of hydrogen-bond acceptors (Lipinski definition) is 1. The maximum Gasteiger partial charge on any atom is 0.0341 e. The van der Waals surface area contributed by atoms with E-state index in [0.717, 1.165) is 0 Å². The van der Waals surface area contributed by atoms with Gasteiger partial charge in [0, 0.05) is 6.04 Å². The molecule has 1 aromatic carbocycles. The number of aryl methyl sites for hydroxylation is 2. The van der Waals surface area contributed by atoms with Crippen molar-refractivity contribution in [1.82, 2.24) is 5.32 Å². The molecule has 0 aliphatic rings. The molecule has 0 radical (unpaired) electrons. The topological polar surface area (TPSA) is 12.0 Å². The van der Waals surface area contributed by atoms with E-state index in [9.17, 15) is 0 Å². The van der Waals surface area contributed by atoms with E-state index in [4.69, 9.17) is 0 Å². The third kappa shape index (κ3) is 2.58. The molecule has 1 rings (SSSR count). The molecule has 0 aliphatic carbocycles. The van der Waals surface area contributed by atoms with Gasteiger partial charge in [0.25, 0.3) is 0 Å². The van der Waals surface area contributed by atoms with Crippen molar-refractivity contribution >= 4 is 0 Å². The highest BCUT2D eigenvalue weighted by Crippen LogP contribution is 2.23. The van der Waals surface area contributed by atoms with Crippen LogP contribution >= 0.6 is 0 Å². The van der Waals surface area contributed by atoms with Gasteiger partial charge in [0.1, 0.15) is 0 Å². The molecule has 78 valence electrons. The van der Waals surface area contributed by atoms with Gasteiger partial charge in [0.15, 0.2) is 0 Å². The van der Waals surface area contributed by atoms with E-state index in [2.05, 4.69) is 51.2 Å². The van der Waals surface area contributed by atoms with E-state index in [1.807, 2.05) is 7.05 Å². The second kappa shape index (κ2) is 4.61. The molecule has 0 bridgehead atoms. The predicted molar refractivity (Wildman–Crippen MR) is 62.6 cm³/mol. The highest BCUT2D eigenvalue weighted by Gasteiger charge is 2.13. The van der Waals surface area contributed by atoms with Crippen molar-refractivity contribution in [1.29, 1.82) is 0 Å². The van der Waals surface area contributed by atoms with E-state index in [0.29, 0.717) is 12.0 Å². The molecule has 1 nitrogen and oxygen atoms in total. The summed E-state index contributed by atoms with van der Waals surface area (Å²) >= 11 is 0. The SMILES string of the molecule is CNC(c1cc(C)cc(C)c1)C(C)C. The smallest absolute Gasteiger partial charge is 0.0341 e. The lowest BCUT2D eigenvalue weighted by Gasteiger charge is -2.21. The molecule has 1 N–H and O–H groups in total. The fourth-order valence-electron chi connectivity index (χ4n) is 2.07. The Morgan fingerprint density at radius 3 is 1.86 bits per heavy atom. The Morgan fingerprint density at radius 1 is 1.00 bits per heavy atom. The Labute approximate surface area is 87.5 Å². The van der Waals surface area contributed by atoms with Crippen molar-refractivity contribution < 1.29 is 0 Å². The molecule has 0 amide bonds. The van der Waals surface area contributed by atoms with Crippen LogP contribution < -0.4 is 5.32 Å². The minimum atomic E-state index is 0.466. The summed E-state index contributed by atoms with van der Waals surface area (Å²) in [5, 5.41) is 3.37. The summed E-state index contributed by atoms with van der Waals surface area (Å²) < 4.78 is 0. The van der Waals surface area contributed by atoms with Gasteiger partial charge in [-0.2, -0.15) is 0 Å². The minimum absolute atomic E-state index is 0.466. The van der Waals surface area contributed by atoms with Crippen molar-refractivity contribution in [2.24, 2.45) is 5.92 Å². The molecule has 1 aromatic rings. The van der Waals surface area contributed by atoms with Gasteiger partial charge >= 0.3 is 0 Å². The van der Waals surface area contributed by atoms with E-state index < -0.39 is 0 Å². The summed E-state index contributed by atoms with van der Waals surface area (Å²) in [6.45, 7) is 8.81. The lowest BCUT2D eigenvalue weighted by Crippen LogP contribution is -2.21. The van der Waals surface area contributed by atoms with Gasteiger partial charge in [-0.3, -0.25) is 0 Å². The molecule has 0 saturated carbocycles. The average Bonchev–Trinajstić information content (AvgIpc) is 2.02. The van der Waals surface area contributed by atoms with Crippen LogP contribution in [0.25, 0.3) is 0 Å². The quantitative estimate of drug-likeness (QED) is 0.773. The van der Waals surface area contributed by atoms with Gasteiger partial charge in [0.2, 0.25) is 0 Å². The molecule has 1 heteroatoms. The van der Waals surface area contributed by atoms with E-state index in [1.54, 1.807) is 0 Å². The molecule has 0 heterocycles. The van der Waals surface area contributed by atoms with Crippen LogP contribution in [0.3, 0.4) is 0 Å². The zero-order chi connectivity index (χ0) is 10.7. The number of hydrogen-bond donors (Lipinski definition) is 1. The molecule has 1 atom stereocenters. The van der Waals surface area contributed by atoms with E-state index in [-0.39, 0.29) is 0 Å². The summed E-state index contributed by atoms with van der Waals surface area (Å²) in [6, 6.07) is 7.23. The van der Waals surface area contributed by atoms with Crippen LogP contribution in [0.2, 0.25) is 0 Å². The van der Waals surface area contributed by atoms with E-state index >= 15 is 0 Å². The fraction of sp³-hybridized carbons (Fsp3) is 0.538. The van der Waals surface area contributed by atoms with Gasteiger partial charge in [-0.15, -0.1) is 0 Å². The van der Waals surface area contributed by atoms with Crippen LogP contribution in [0.5, 0.6) is 0 Å². The fourth-order valence-corrected chi connectivity index (χ4v) is 2.07. The lowest BCUT2D eigenvalue weighted by molar-refractivity contribution is 0.443. The molecular weight excluding hydrogens is 170 g/mol. The Bertz CT molecular complexity index is 282. The Balaban J connectivity index is 3.04.